The predicted octanol–water partition coefficient (Wildman–Crippen LogP) is 1.97. The number of carbonyl (C=O) groups is 2. The van der Waals surface area contributed by atoms with E-state index in [1.165, 1.54) is 11.8 Å². The van der Waals surface area contributed by atoms with Crippen LogP contribution in [0.25, 0.3) is 0 Å². The van der Waals surface area contributed by atoms with E-state index in [-0.39, 0.29) is 30.6 Å². The molecule has 1 aromatic heterocycles. The van der Waals surface area contributed by atoms with Gasteiger partial charge in [-0.05, 0) is 32.6 Å². The molecular formula is C21H34FN7O3S. The molecule has 1 aliphatic heterocycles. The lowest BCUT2D eigenvalue weighted by Crippen LogP contribution is -2.50. The molecule has 2 aliphatic rings. The summed E-state index contributed by atoms with van der Waals surface area (Å²) in [6.45, 7) is 4.01. The van der Waals surface area contributed by atoms with Gasteiger partial charge in [0.25, 0.3) is 0 Å². The Morgan fingerprint density at radius 3 is 2.73 bits per heavy atom. The van der Waals surface area contributed by atoms with Crippen molar-refractivity contribution in [2.45, 2.75) is 50.2 Å². The number of nitrogens with zero attached hydrogens (tertiary/aromatic N) is 5. The Kier molecular flexibility index (Phi) is 9.10. The van der Waals surface area contributed by atoms with Crippen LogP contribution in [0.5, 0.6) is 0 Å². The Balaban J connectivity index is 1.72. The van der Waals surface area contributed by atoms with Gasteiger partial charge >= 0.3 is 0 Å². The Hall–Kier alpha value is -2.18. The third kappa shape index (κ3) is 6.67. The molecule has 0 aromatic carbocycles. The fourth-order valence-electron chi connectivity index (χ4n) is 4.44. The van der Waals surface area contributed by atoms with Crippen LogP contribution >= 0.6 is 11.8 Å². The molecule has 12 heteroatoms. The summed E-state index contributed by atoms with van der Waals surface area (Å²) in [6, 6.07) is 0.248. The summed E-state index contributed by atoms with van der Waals surface area (Å²) in [5.74, 6) is -1.23. The van der Waals surface area contributed by atoms with E-state index in [4.69, 9.17) is 0 Å². The van der Waals surface area contributed by atoms with Crippen molar-refractivity contribution in [2.24, 2.45) is 11.8 Å². The maximum absolute atomic E-state index is 15.3. The van der Waals surface area contributed by atoms with Crippen LogP contribution in [0.2, 0.25) is 0 Å². The molecule has 1 saturated carbocycles. The second-order valence-electron chi connectivity index (χ2n) is 8.90. The highest BCUT2D eigenvalue weighted by Crippen LogP contribution is 2.31. The molecule has 2 heterocycles. The van der Waals surface area contributed by atoms with Gasteiger partial charge in [0, 0.05) is 25.7 Å². The van der Waals surface area contributed by atoms with E-state index in [2.05, 4.69) is 32.6 Å². The standard InChI is InChI=1S/C21H34FN7O3S/c1-14-11-28(9-8-27(14)2)19-17(22)18(23-21(24-19)33-3)25-26-20(31)16(12-29(32)13-30)10-15-6-4-5-7-15/h13-16,32H,4-12H2,1-3H3,(H,26,31)(H,23,24,25)/t14-,16-/m1/s1. The van der Waals surface area contributed by atoms with Crippen LogP contribution in [0.1, 0.15) is 39.0 Å². The average Bonchev–Trinajstić information content (AvgIpc) is 3.32. The molecule has 1 saturated heterocycles. The van der Waals surface area contributed by atoms with Crippen molar-refractivity contribution in [1.29, 1.82) is 0 Å². The van der Waals surface area contributed by atoms with Gasteiger partial charge in [-0.25, -0.2) is 15.0 Å². The Morgan fingerprint density at radius 1 is 1.36 bits per heavy atom. The van der Waals surface area contributed by atoms with E-state index < -0.39 is 17.6 Å². The molecule has 2 atom stereocenters. The minimum absolute atomic E-state index is 0.111. The normalized spacial score (nSPS) is 20.5. The van der Waals surface area contributed by atoms with Crippen LogP contribution < -0.4 is 15.8 Å². The van der Waals surface area contributed by atoms with Gasteiger partial charge in [0.2, 0.25) is 18.1 Å². The van der Waals surface area contributed by atoms with Crippen LogP contribution in [-0.2, 0) is 9.59 Å². The number of aromatic nitrogens is 2. The molecule has 3 N–H and O–H groups in total. The van der Waals surface area contributed by atoms with Gasteiger partial charge in [-0.15, -0.1) is 0 Å². The second kappa shape index (κ2) is 11.8. The van der Waals surface area contributed by atoms with Crippen molar-refractivity contribution >= 4 is 35.7 Å². The summed E-state index contributed by atoms with van der Waals surface area (Å²) in [7, 11) is 2.04. The number of piperazine rings is 1. The molecule has 0 spiro atoms. The number of hydrogen-bond acceptors (Lipinski definition) is 9. The summed E-state index contributed by atoms with van der Waals surface area (Å²) in [5, 5.41) is 10.5. The number of anilines is 2. The molecule has 184 valence electrons. The highest BCUT2D eigenvalue weighted by Gasteiger charge is 2.29. The summed E-state index contributed by atoms with van der Waals surface area (Å²) in [4.78, 5) is 36.4. The third-order valence-electron chi connectivity index (χ3n) is 6.55. The van der Waals surface area contributed by atoms with Crippen LogP contribution in [0.4, 0.5) is 16.0 Å². The molecule has 1 aromatic rings. The zero-order valence-corrected chi connectivity index (χ0v) is 20.3. The fraction of sp³-hybridized carbons (Fsp3) is 0.714. The zero-order chi connectivity index (χ0) is 24.0. The SMILES string of the molecule is CSc1nc(NNC(=O)[C@H](CC2CCCC2)CN(O)C=O)c(F)c(N2CCN(C)[C@H](C)C2)n1. The van der Waals surface area contributed by atoms with Crippen LogP contribution in [0.3, 0.4) is 0 Å². The molecule has 10 nitrogen and oxygen atoms in total. The number of hydrazine groups is 1. The summed E-state index contributed by atoms with van der Waals surface area (Å²) in [6.07, 6.45) is 6.91. The smallest absolute Gasteiger partial charge is 0.243 e. The molecule has 1 aliphatic carbocycles. The summed E-state index contributed by atoms with van der Waals surface area (Å²) < 4.78 is 15.3. The Bertz CT molecular complexity index is 827. The number of thioether (sulfide) groups is 1. The van der Waals surface area contributed by atoms with Gasteiger partial charge in [0.05, 0.1) is 12.5 Å². The highest BCUT2D eigenvalue weighted by molar-refractivity contribution is 7.98. The highest BCUT2D eigenvalue weighted by atomic mass is 32.2. The van der Waals surface area contributed by atoms with Crippen molar-refractivity contribution in [3.8, 4) is 0 Å². The van der Waals surface area contributed by atoms with Crippen molar-refractivity contribution in [3.05, 3.63) is 5.82 Å². The molecule has 0 bridgehead atoms. The monoisotopic (exact) mass is 483 g/mol. The molecule has 0 radical (unpaired) electrons. The van der Waals surface area contributed by atoms with E-state index in [0.717, 1.165) is 32.2 Å². The van der Waals surface area contributed by atoms with Crippen LogP contribution in [0, 0.1) is 17.7 Å². The van der Waals surface area contributed by atoms with Gasteiger partial charge in [-0.3, -0.25) is 25.6 Å². The lowest BCUT2D eigenvalue weighted by molar-refractivity contribution is -0.154. The first-order chi connectivity index (χ1) is 15.8. The summed E-state index contributed by atoms with van der Waals surface area (Å²) >= 11 is 1.29. The minimum atomic E-state index is -0.631. The zero-order valence-electron chi connectivity index (χ0n) is 19.5. The number of amides is 2. The van der Waals surface area contributed by atoms with E-state index in [1.807, 2.05) is 11.9 Å². The van der Waals surface area contributed by atoms with E-state index in [0.29, 0.717) is 35.6 Å². The Morgan fingerprint density at radius 2 is 2.09 bits per heavy atom. The number of rotatable bonds is 10. The second-order valence-corrected chi connectivity index (χ2v) is 9.67. The lowest BCUT2D eigenvalue weighted by atomic mass is 9.92. The van der Waals surface area contributed by atoms with Crippen molar-refractivity contribution < 1.29 is 19.2 Å². The van der Waals surface area contributed by atoms with Crippen LogP contribution in [-0.4, -0.2) is 83.0 Å². The largest absolute Gasteiger partial charge is 0.351 e. The van der Waals surface area contributed by atoms with E-state index >= 15 is 4.39 Å². The van der Waals surface area contributed by atoms with Crippen molar-refractivity contribution in [1.82, 2.24) is 25.4 Å². The number of nitrogens with one attached hydrogen (secondary N) is 2. The first kappa shape index (κ1) is 25.4. The number of likely N-dealkylation sites (N-methyl/N-ethyl adjacent to an activating group) is 1. The quantitative estimate of drug-likeness (QED) is 0.151. The summed E-state index contributed by atoms with van der Waals surface area (Å²) in [5.41, 5.74) is 5.15. The molecular weight excluding hydrogens is 449 g/mol. The molecule has 2 fully saturated rings. The van der Waals surface area contributed by atoms with Crippen molar-refractivity contribution in [2.75, 3.05) is 49.8 Å². The number of halogens is 1. The topological polar surface area (TPSA) is 114 Å². The predicted molar refractivity (Wildman–Crippen MR) is 124 cm³/mol. The maximum Gasteiger partial charge on any atom is 0.243 e. The van der Waals surface area contributed by atoms with Gasteiger partial charge in [0.1, 0.15) is 0 Å². The number of hydroxylamine groups is 2. The van der Waals surface area contributed by atoms with Gasteiger partial charge < -0.3 is 9.80 Å². The van der Waals surface area contributed by atoms with Gasteiger partial charge in [-0.2, -0.15) is 4.39 Å². The van der Waals surface area contributed by atoms with Crippen molar-refractivity contribution in [3.63, 3.8) is 0 Å². The number of carbonyl (C=O) groups excluding carboxylic acids is 2. The molecule has 3 rings (SSSR count). The van der Waals surface area contributed by atoms with Gasteiger partial charge in [-0.1, -0.05) is 37.4 Å². The Labute approximate surface area is 198 Å². The molecule has 33 heavy (non-hydrogen) atoms. The average molecular weight is 484 g/mol. The fourth-order valence-corrected chi connectivity index (χ4v) is 4.80. The molecule has 2 amide bonds. The van der Waals surface area contributed by atoms with Crippen LogP contribution in [0.15, 0.2) is 5.16 Å². The lowest BCUT2D eigenvalue weighted by Gasteiger charge is -2.38. The van der Waals surface area contributed by atoms with Gasteiger partial charge in [0.15, 0.2) is 16.8 Å². The first-order valence-corrected chi connectivity index (χ1v) is 12.6. The minimum Gasteiger partial charge on any atom is -0.351 e. The van der Waals surface area contributed by atoms with E-state index in [9.17, 15) is 14.8 Å². The maximum atomic E-state index is 15.3. The third-order valence-corrected chi connectivity index (χ3v) is 7.10. The van der Waals surface area contributed by atoms with E-state index in [1.54, 1.807) is 6.26 Å². The molecule has 0 unspecified atom stereocenters. The first-order valence-electron chi connectivity index (χ1n) is 11.4. The number of hydrogen-bond donors (Lipinski definition) is 3.